The lowest BCUT2D eigenvalue weighted by atomic mass is 10.1. The average molecular weight is 416 g/mol. The van der Waals surface area contributed by atoms with Crippen LogP contribution in [-0.2, 0) is 25.6 Å². The standard InChI is InChI=1S/C18H21N3O4.2ClH/c1-18(2,19)17(23)25-13-24-16(22)8-7-14-3-5-15(6-4-14)11-21-10-9-20-12-21;;/h3-10,12H,11,13,19H2,1-2H3;2*1H/b8-7+;;. The number of ether oxygens (including phenoxy) is 2. The minimum atomic E-state index is -1.12. The van der Waals surface area contributed by atoms with Gasteiger partial charge in [-0.3, -0.25) is 0 Å². The summed E-state index contributed by atoms with van der Waals surface area (Å²) in [4.78, 5) is 27.0. The van der Waals surface area contributed by atoms with Gasteiger partial charge in [-0.25, -0.2) is 14.6 Å². The molecule has 27 heavy (non-hydrogen) atoms. The molecular formula is C18H23Cl2N3O4. The normalized spacial score (nSPS) is 10.6. The van der Waals surface area contributed by atoms with E-state index < -0.39 is 24.3 Å². The fraction of sp³-hybridized carbons (Fsp3) is 0.278. The third kappa shape index (κ3) is 8.72. The number of imidazole rings is 1. The largest absolute Gasteiger partial charge is 0.426 e. The molecule has 148 valence electrons. The summed E-state index contributed by atoms with van der Waals surface area (Å²) in [5, 5.41) is 0. The van der Waals surface area contributed by atoms with Crippen molar-refractivity contribution in [1.29, 1.82) is 0 Å². The SMILES string of the molecule is CC(C)(N)C(=O)OCOC(=O)/C=C/c1ccc(Cn2ccnc2)cc1.Cl.Cl. The molecule has 0 aliphatic carbocycles. The van der Waals surface area contributed by atoms with E-state index >= 15 is 0 Å². The molecule has 1 heterocycles. The van der Waals surface area contributed by atoms with E-state index in [9.17, 15) is 9.59 Å². The number of aromatic nitrogens is 2. The van der Waals surface area contributed by atoms with E-state index in [1.165, 1.54) is 19.9 Å². The molecule has 0 spiro atoms. The molecule has 0 aliphatic heterocycles. The first kappa shape index (κ1) is 24.7. The van der Waals surface area contributed by atoms with Gasteiger partial charge in [0, 0.05) is 25.0 Å². The number of hydrogen-bond acceptors (Lipinski definition) is 6. The summed E-state index contributed by atoms with van der Waals surface area (Å²) in [5.41, 5.74) is 6.40. The summed E-state index contributed by atoms with van der Waals surface area (Å²) in [6, 6.07) is 7.73. The molecule has 1 aromatic heterocycles. The van der Waals surface area contributed by atoms with Crippen molar-refractivity contribution in [2.24, 2.45) is 5.73 Å². The van der Waals surface area contributed by atoms with Gasteiger partial charge in [-0.05, 0) is 31.1 Å². The maximum atomic E-state index is 11.6. The molecule has 0 fully saturated rings. The van der Waals surface area contributed by atoms with Crippen molar-refractivity contribution in [2.75, 3.05) is 6.79 Å². The number of halogens is 2. The summed E-state index contributed by atoms with van der Waals surface area (Å²) in [5.74, 6) is -1.25. The highest BCUT2D eigenvalue weighted by Gasteiger charge is 2.23. The van der Waals surface area contributed by atoms with Gasteiger partial charge in [0.15, 0.2) is 0 Å². The van der Waals surface area contributed by atoms with Crippen molar-refractivity contribution >= 4 is 42.8 Å². The first-order valence-corrected chi connectivity index (χ1v) is 7.70. The third-order valence-electron chi connectivity index (χ3n) is 3.23. The molecule has 1 aromatic carbocycles. The zero-order chi connectivity index (χ0) is 18.3. The van der Waals surface area contributed by atoms with Crippen molar-refractivity contribution in [3.63, 3.8) is 0 Å². The molecule has 2 N–H and O–H groups in total. The van der Waals surface area contributed by atoms with Crippen LogP contribution in [0.15, 0.2) is 49.1 Å². The molecule has 0 saturated carbocycles. The summed E-state index contributed by atoms with van der Waals surface area (Å²) in [6.07, 6.45) is 8.27. The third-order valence-corrected chi connectivity index (χ3v) is 3.23. The highest BCUT2D eigenvalue weighted by Crippen LogP contribution is 2.08. The van der Waals surface area contributed by atoms with Crippen LogP contribution in [-0.4, -0.2) is 33.8 Å². The molecule has 0 amide bonds. The Balaban J connectivity index is 0.00000338. The number of esters is 2. The molecule has 7 nitrogen and oxygen atoms in total. The number of hydrogen-bond donors (Lipinski definition) is 1. The van der Waals surface area contributed by atoms with Crippen molar-refractivity contribution in [2.45, 2.75) is 25.9 Å². The fourth-order valence-electron chi connectivity index (χ4n) is 1.86. The highest BCUT2D eigenvalue weighted by molar-refractivity contribution is 5.87. The van der Waals surface area contributed by atoms with Gasteiger partial charge in [-0.15, -0.1) is 24.8 Å². The van der Waals surface area contributed by atoms with Crippen LogP contribution in [0.5, 0.6) is 0 Å². The lowest BCUT2D eigenvalue weighted by Gasteiger charge is -2.15. The Morgan fingerprint density at radius 1 is 1.19 bits per heavy atom. The van der Waals surface area contributed by atoms with Gasteiger partial charge in [0.1, 0.15) is 5.54 Å². The van der Waals surface area contributed by atoms with Gasteiger partial charge in [0.2, 0.25) is 6.79 Å². The predicted molar refractivity (Wildman–Crippen MR) is 107 cm³/mol. The van der Waals surface area contributed by atoms with Gasteiger partial charge in [-0.1, -0.05) is 24.3 Å². The van der Waals surface area contributed by atoms with E-state index in [2.05, 4.69) is 4.98 Å². The highest BCUT2D eigenvalue weighted by atomic mass is 35.5. The molecule has 0 radical (unpaired) electrons. The van der Waals surface area contributed by atoms with E-state index in [0.717, 1.165) is 17.7 Å². The lowest BCUT2D eigenvalue weighted by molar-refractivity contribution is -0.167. The molecule has 9 heteroatoms. The van der Waals surface area contributed by atoms with Crippen molar-refractivity contribution in [3.8, 4) is 0 Å². The van der Waals surface area contributed by atoms with Crippen molar-refractivity contribution in [1.82, 2.24) is 9.55 Å². The monoisotopic (exact) mass is 415 g/mol. The Morgan fingerprint density at radius 2 is 1.85 bits per heavy atom. The van der Waals surface area contributed by atoms with Crippen LogP contribution < -0.4 is 5.73 Å². The number of benzene rings is 1. The molecule has 0 aliphatic rings. The zero-order valence-electron chi connectivity index (χ0n) is 15.0. The number of carbonyl (C=O) groups excluding carboxylic acids is 2. The maximum Gasteiger partial charge on any atom is 0.333 e. The number of nitrogens with two attached hydrogens (primary N) is 1. The Bertz CT molecular complexity index is 739. The second-order valence-corrected chi connectivity index (χ2v) is 6.04. The minimum absolute atomic E-state index is 0. The molecule has 0 unspecified atom stereocenters. The van der Waals surface area contributed by atoms with E-state index in [1.54, 1.807) is 18.6 Å². The number of rotatable bonds is 7. The molecule has 0 bridgehead atoms. The van der Waals surface area contributed by atoms with Gasteiger partial charge in [0.25, 0.3) is 0 Å². The van der Waals surface area contributed by atoms with Gasteiger partial charge in [-0.2, -0.15) is 0 Å². The smallest absolute Gasteiger partial charge is 0.333 e. The van der Waals surface area contributed by atoms with Crippen LogP contribution in [0.1, 0.15) is 25.0 Å². The van der Waals surface area contributed by atoms with E-state index in [-0.39, 0.29) is 24.8 Å². The summed E-state index contributed by atoms with van der Waals surface area (Å²) in [6.45, 7) is 3.28. The molecule has 2 aromatic rings. The number of carbonyl (C=O) groups is 2. The quantitative estimate of drug-likeness (QED) is 0.424. The summed E-state index contributed by atoms with van der Waals surface area (Å²) >= 11 is 0. The van der Waals surface area contributed by atoms with Gasteiger partial charge >= 0.3 is 11.9 Å². The zero-order valence-corrected chi connectivity index (χ0v) is 16.7. The Morgan fingerprint density at radius 3 is 2.41 bits per heavy atom. The van der Waals surface area contributed by atoms with E-state index in [4.69, 9.17) is 15.2 Å². The molecule has 2 rings (SSSR count). The Kier molecular flexibility index (Phi) is 10.4. The predicted octanol–water partition coefficient (Wildman–Crippen LogP) is 2.57. The van der Waals surface area contributed by atoms with E-state index in [0.29, 0.717) is 0 Å². The van der Waals surface area contributed by atoms with Gasteiger partial charge < -0.3 is 19.8 Å². The average Bonchev–Trinajstić information content (AvgIpc) is 3.06. The second-order valence-electron chi connectivity index (χ2n) is 6.04. The van der Waals surface area contributed by atoms with Crippen molar-refractivity contribution in [3.05, 3.63) is 60.2 Å². The van der Waals surface area contributed by atoms with Crippen LogP contribution in [0.3, 0.4) is 0 Å². The van der Waals surface area contributed by atoms with Crippen LogP contribution >= 0.6 is 24.8 Å². The topological polar surface area (TPSA) is 96.4 Å². The number of nitrogens with zero attached hydrogens (tertiary/aromatic N) is 2. The summed E-state index contributed by atoms with van der Waals surface area (Å²) in [7, 11) is 0. The fourth-order valence-corrected chi connectivity index (χ4v) is 1.86. The Labute approximate surface area is 170 Å². The Hall–Kier alpha value is -2.35. The lowest BCUT2D eigenvalue weighted by Crippen LogP contribution is -2.43. The van der Waals surface area contributed by atoms with Gasteiger partial charge in [0.05, 0.1) is 6.33 Å². The minimum Gasteiger partial charge on any atom is -0.426 e. The first-order valence-electron chi connectivity index (χ1n) is 7.70. The van der Waals surface area contributed by atoms with Crippen LogP contribution in [0.2, 0.25) is 0 Å². The maximum absolute atomic E-state index is 11.6. The van der Waals surface area contributed by atoms with Crippen LogP contribution in [0.25, 0.3) is 6.08 Å². The molecule has 0 saturated heterocycles. The van der Waals surface area contributed by atoms with E-state index in [1.807, 2.05) is 35.0 Å². The van der Waals surface area contributed by atoms with Crippen LogP contribution in [0, 0.1) is 0 Å². The molecular weight excluding hydrogens is 393 g/mol. The van der Waals surface area contributed by atoms with Crippen LogP contribution in [0.4, 0.5) is 0 Å². The van der Waals surface area contributed by atoms with Crippen molar-refractivity contribution < 1.29 is 19.1 Å². The summed E-state index contributed by atoms with van der Waals surface area (Å²) < 4.78 is 11.5. The first-order chi connectivity index (χ1) is 11.8. The molecule has 0 atom stereocenters. The second kappa shape index (κ2) is 11.4.